The van der Waals surface area contributed by atoms with Crippen molar-refractivity contribution in [1.29, 1.82) is 0 Å². The minimum absolute atomic E-state index is 0. The van der Waals surface area contributed by atoms with E-state index in [9.17, 15) is 13.2 Å². The number of aromatic nitrogens is 1. The van der Waals surface area contributed by atoms with Crippen LogP contribution >= 0.6 is 12.4 Å². The van der Waals surface area contributed by atoms with E-state index in [1.165, 1.54) is 24.4 Å². The van der Waals surface area contributed by atoms with Crippen LogP contribution in [0.1, 0.15) is 18.5 Å². The average molecular weight is 427 g/mol. The molecule has 1 amide bonds. The van der Waals surface area contributed by atoms with Gasteiger partial charge in [0.25, 0.3) is 0 Å². The molecule has 8 nitrogen and oxygen atoms in total. The van der Waals surface area contributed by atoms with E-state index in [1.54, 1.807) is 30.6 Å². The first-order chi connectivity index (χ1) is 12.9. The van der Waals surface area contributed by atoms with Crippen LogP contribution in [-0.2, 0) is 14.8 Å². The predicted molar refractivity (Wildman–Crippen MR) is 108 cm³/mol. The largest absolute Gasteiger partial charge is 0.495 e. The normalized spacial score (nSPS) is 17.4. The lowest BCUT2D eigenvalue weighted by atomic mass is 10.1. The molecule has 1 aliphatic heterocycles. The first kappa shape index (κ1) is 22.1. The van der Waals surface area contributed by atoms with Gasteiger partial charge in [-0.1, -0.05) is 6.07 Å². The number of sulfonamides is 1. The summed E-state index contributed by atoms with van der Waals surface area (Å²) >= 11 is 0. The second-order valence-corrected chi connectivity index (χ2v) is 8.03. The number of carbonyl (C=O) groups excluding carboxylic acids is 1. The number of amides is 1. The van der Waals surface area contributed by atoms with E-state index in [4.69, 9.17) is 4.74 Å². The van der Waals surface area contributed by atoms with Crippen molar-refractivity contribution in [3.05, 3.63) is 48.3 Å². The minimum Gasteiger partial charge on any atom is -0.495 e. The van der Waals surface area contributed by atoms with E-state index in [1.807, 2.05) is 6.07 Å². The Morgan fingerprint density at radius 1 is 1.36 bits per heavy atom. The molecule has 0 saturated carbocycles. The van der Waals surface area contributed by atoms with E-state index >= 15 is 0 Å². The third-order valence-electron chi connectivity index (χ3n) is 4.33. The number of ether oxygens (including phenoxy) is 1. The second kappa shape index (κ2) is 9.33. The summed E-state index contributed by atoms with van der Waals surface area (Å²) in [5, 5.41) is 5.85. The number of methoxy groups -OCH3 is 1. The van der Waals surface area contributed by atoms with Crippen molar-refractivity contribution in [2.24, 2.45) is 0 Å². The standard InChI is InChI=1S/C18H22N4O4S.ClH/c1-13(23)21-15-5-6-17(26-2)18(10-15)27(24,25)22-9-8-20-12-16(22)14-4-3-7-19-11-14;/h3-7,10-11,16,20H,8-9,12H2,1-2H3,(H,21,23);1H. The van der Waals surface area contributed by atoms with E-state index in [2.05, 4.69) is 15.6 Å². The molecule has 1 saturated heterocycles. The van der Waals surface area contributed by atoms with E-state index in [0.29, 0.717) is 25.3 Å². The molecule has 1 unspecified atom stereocenters. The lowest BCUT2D eigenvalue weighted by molar-refractivity contribution is -0.114. The van der Waals surface area contributed by atoms with Gasteiger partial charge >= 0.3 is 0 Å². The number of benzene rings is 1. The Labute approximate surface area is 170 Å². The lowest BCUT2D eigenvalue weighted by Gasteiger charge is -2.35. The maximum Gasteiger partial charge on any atom is 0.247 e. The van der Waals surface area contributed by atoms with Crippen LogP contribution in [0.15, 0.2) is 47.6 Å². The Bertz CT molecular complexity index is 924. The number of hydrogen-bond acceptors (Lipinski definition) is 6. The van der Waals surface area contributed by atoms with Crippen LogP contribution in [0.4, 0.5) is 5.69 Å². The summed E-state index contributed by atoms with van der Waals surface area (Å²) in [5.74, 6) is -0.0495. The monoisotopic (exact) mass is 426 g/mol. The van der Waals surface area contributed by atoms with Gasteiger partial charge in [-0.05, 0) is 29.8 Å². The Balaban J connectivity index is 0.00000280. The number of nitrogens with one attached hydrogen (secondary N) is 2. The van der Waals surface area contributed by atoms with Gasteiger partial charge in [-0.15, -0.1) is 12.4 Å². The highest BCUT2D eigenvalue weighted by atomic mass is 35.5. The number of hydrogen-bond donors (Lipinski definition) is 2. The molecule has 1 aliphatic rings. The van der Waals surface area contributed by atoms with Crippen molar-refractivity contribution in [3.63, 3.8) is 0 Å². The minimum atomic E-state index is -3.87. The molecule has 28 heavy (non-hydrogen) atoms. The van der Waals surface area contributed by atoms with Gasteiger partial charge in [0.05, 0.1) is 13.2 Å². The number of halogens is 1. The maximum absolute atomic E-state index is 13.5. The Morgan fingerprint density at radius 2 is 2.14 bits per heavy atom. The van der Waals surface area contributed by atoms with Crippen LogP contribution in [0, 0.1) is 0 Å². The smallest absolute Gasteiger partial charge is 0.247 e. The van der Waals surface area contributed by atoms with Crippen LogP contribution in [0.5, 0.6) is 5.75 Å². The molecule has 1 fully saturated rings. The third kappa shape index (κ3) is 4.61. The lowest BCUT2D eigenvalue weighted by Crippen LogP contribution is -2.48. The Morgan fingerprint density at radius 3 is 2.79 bits per heavy atom. The molecule has 152 valence electrons. The van der Waals surface area contributed by atoms with Gasteiger partial charge < -0.3 is 15.4 Å². The number of pyridine rings is 1. The molecule has 1 aromatic heterocycles. The predicted octanol–water partition coefficient (Wildman–Crippen LogP) is 1.81. The number of nitrogens with zero attached hydrogens (tertiary/aromatic N) is 2. The van der Waals surface area contributed by atoms with Gasteiger partial charge in [0.1, 0.15) is 10.6 Å². The van der Waals surface area contributed by atoms with Gasteiger partial charge in [0.2, 0.25) is 15.9 Å². The molecule has 2 aromatic rings. The van der Waals surface area contributed by atoms with Gasteiger partial charge in [-0.25, -0.2) is 8.42 Å². The number of anilines is 1. The van der Waals surface area contributed by atoms with Crippen molar-refractivity contribution >= 4 is 34.0 Å². The first-order valence-electron chi connectivity index (χ1n) is 8.51. The third-order valence-corrected chi connectivity index (χ3v) is 6.26. The molecule has 1 atom stereocenters. The van der Waals surface area contributed by atoms with Crippen molar-refractivity contribution in [1.82, 2.24) is 14.6 Å². The fourth-order valence-corrected chi connectivity index (χ4v) is 4.91. The van der Waals surface area contributed by atoms with Crippen LogP contribution in [0.3, 0.4) is 0 Å². The van der Waals surface area contributed by atoms with Crippen LogP contribution < -0.4 is 15.4 Å². The molecule has 10 heteroatoms. The summed E-state index contributed by atoms with van der Waals surface area (Å²) in [6, 6.07) is 7.84. The fraction of sp³-hybridized carbons (Fsp3) is 0.333. The second-order valence-electron chi connectivity index (χ2n) is 6.17. The fourth-order valence-electron chi connectivity index (χ4n) is 3.12. The molecule has 2 heterocycles. The number of carbonyl (C=O) groups is 1. The zero-order valence-corrected chi connectivity index (χ0v) is 17.2. The van der Waals surface area contributed by atoms with Crippen molar-refractivity contribution < 1.29 is 17.9 Å². The Hall–Kier alpha value is -2.20. The van der Waals surface area contributed by atoms with Crippen molar-refractivity contribution in [3.8, 4) is 5.75 Å². The molecule has 0 aliphatic carbocycles. The van der Waals surface area contributed by atoms with Crippen molar-refractivity contribution in [2.45, 2.75) is 17.9 Å². The van der Waals surface area contributed by atoms with E-state index in [-0.39, 0.29) is 35.0 Å². The summed E-state index contributed by atoms with van der Waals surface area (Å²) in [6.07, 6.45) is 3.32. The molecular formula is C18H23ClN4O4S. The van der Waals surface area contributed by atoms with Gasteiger partial charge in [-0.2, -0.15) is 4.31 Å². The molecule has 0 bridgehead atoms. The van der Waals surface area contributed by atoms with Crippen LogP contribution in [0.25, 0.3) is 0 Å². The molecular weight excluding hydrogens is 404 g/mol. The quantitative estimate of drug-likeness (QED) is 0.756. The molecule has 3 rings (SSSR count). The highest BCUT2D eigenvalue weighted by molar-refractivity contribution is 7.89. The van der Waals surface area contributed by atoms with Gasteiger partial charge in [0, 0.05) is 44.6 Å². The van der Waals surface area contributed by atoms with Gasteiger partial charge in [-0.3, -0.25) is 9.78 Å². The molecule has 0 radical (unpaired) electrons. The average Bonchev–Trinajstić information content (AvgIpc) is 2.68. The van der Waals surface area contributed by atoms with Crippen LogP contribution in [-0.4, -0.2) is 50.4 Å². The summed E-state index contributed by atoms with van der Waals surface area (Å²) in [4.78, 5) is 15.5. The van der Waals surface area contributed by atoms with E-state index < -0.39 is 10.0 Å². The van der Waals surface area contributed by atoms with E-state index in [0.717, 1.165) is 5.56 Å². The van der Waals surface area contributed by atoms with Gasteiger partial charge in [0.15, 0.2) is 0 Å². The maximum atomic E-state index is 13.5. The SMILES string of the molecule is COc1ccc(NC(C)=O)cc1S(=O)(=O)N1CCNCC1c1cccnc1.Cl. The summed E-state index contributed by atoms with van der Waals surface area (Å²) in [7, 11) is -2.45. The van der Waals surface area contributed by atoms with Crippen LogP contribution in [0.2, 0.25) is 0 Å². The zero-order valence-electron chi connectivity index (χ0n) is 15.6. The summed E-state index contributed by atoms with van der Waals surface area (Å²) in [6.45, 7) is 2.71. The molecule has 0 spiro atoms. The summed E-state index contributed by atoms with van der Waals surface area (Å²) in [5.41, 5.74) is 1.21. The zero-order chi connectivity index (χ0) is 19.4. The topological polar surface area (TPSA) is 101 Å². The number of rotatable bonds is 5. The van der Waals surface area contributed by atoms with Crippen molar-refractivity contribution in [2.75, 3.05) is 32.1 Å². The highest BCUT2D eigenvalue weighted by Gasteiger charge is 2.36. The molecule has 2 N–H and O–H groups in total. The highest BCUT2D eigenvalue weighted by Crippen LogP contribution is 2.34. The Kier molecular flexibility index (Phi) is 7.36. The summed E-state index contributed by atoms with van der Waals surface area (Å²) < 4.78 is 33.7. The number of piperazine rings is 1. The molecule has 1 aromatic carbocycles. The first-order valence-corrected chi connectivity index (χ1v) is 9.95.